The lowest BCUT2D eigenvalue weighted by atomic mass is 10.0. The molecule has 2 aliphatic heterocycles. The summed E-state index contributed by atoms with van der Waals surface area (Å²) >= 11 is 13.9. The fourth-order valence-corrected chi connectivity index (χ4v) is 6.30. The van der Waals surface area contributed by atoms with Crippen LogP contribution in [0, 0.1) is 0 Å². The zero-order valence-electron chi connectivity index (χ0n) is 24.3. The fourth-order valence-electron chi connectivity index (χ4n) is 5.09. The minimum Gasteiger partial charge on any atom is -0.494 e. The minimum atomic E-state index is -5.08. The molecule has 0 amide bonds. The minimum absolute atomic E-state index is 0.607. The maximum Gasteiger partial charge on any atom is 0.490 e. The molecule has 0 aliphatic carbocycles. The van der Waals surface area contributed by atoms with Crippen LogP contribution < -0.4 is 15.0 Å². The number of piperidine rings is 1. The molecule has 13 heteroatoms. The predicted molar refractivity (Wildman–Crippen MR) is 170 cm³/mol. The number of carboxylic acid groups (broad SMARTS) is 1. The van der Waals surface area contributed by atoms with Gasteiger partial charge in [-0.15, -0.1) is 11.3 Å². The van der Waals surface area contributed by atoms with Crippen molar-refractivity contribution >= 4 is 45.6 Å². The Morgan fingerprint density at radius 2 is 1.70 bits per heavy atom. The Bertz CT molecular complexity index is 1330. The number of halogens is 5. The Morgan fingerprint density at radius 1 is 1.02 bits per heavy atom. The van der Waals surface area contributed by atoms with E-state index in [0.29, 0.717) is 16.1 Å². The van der Waals surface area contributed by atoms with Gasteiger partial charge in [-0.05, 0) is 100 Å². The van der Waals surface area contributed by atoms with Gasteiger partial charge in [-0.25, -0.2) is 9.78 Å². The number of likely N-dealkylation sites (tertiary alicyclic amines) is 1. The lowest BCUT2D eigenvalue weighted by molar-refractivity contribution is -0.192. The van der Waals surface area contributed by atoms with Crippen LogP contribution in [-0.4, -0.2) is 72.5 Å². The Hall–Kier alpha value is -2.57. The van der Waals surface area contributed by atoms with E-state index >= 15 is 0 Å². The zero-order valence-corrected chi connectivity index (χ0v) is 26.6. The van der Waals surface area contributed by atoms with Gasteiger partial charge in [0.05, 0.1) is 22.3 Å². The second-order valence-electron chi connectivity index (χ2n) is 10.8. The Balaban J connectivity index is 0.000000566. The molecule has 0 atom stereocenters. The molecule has 240 valence electrons. The topological polar surface area (TPSA) is 77.9 Å². The SMILES string of the molecule is Clc1ccc(CN2CCC(NCCCCOc3ccc(-c4csc(N5CCCC5)n4)cc3)CC2)cc1Cl.O=C(O)C(F)(F)F. The molecular weight excluding hydrogens is 636 g/mol. The fraction of sp³-hybridized carbons (Fsp3) is 0.484. The van der Waals surface area contributed by atoms with Crippen LogP contribution in [-0.2, 0) is 11.3 Å². The summed E-state index contributed by atoms with van der Waals surface area (Å²) < 4.78 is 37.7. The van der Waals surface area contributed by atoms with Gasteiger partial charge < -0.3 is 20.1 Å². The van der Waals surface area contributed by atoms with Gasteiger partial charge in [0.2, 0.25) is 0 Å². The second-order valence-corrected chi connectivity index (χ2v) is 12.5. The number of hydrogen-bond acceptors (Lipinski definition) is 7. The molecule has 0 bridgehead atoms. The number of thiazole rings is 1. The summed E-state index contributed by atoms with van der Waals surface area (Å²) in [6, 6.07) is 14.9. The zero-order chi connectivity index (χ0) is 31.5. The van der Waals surface area contributed by atoms with Crippen LogP contribution in [0.4, 0.5) is 18.3 Å². The first-order valence-electron chi connectivity index (χ1n) is 14.7. The molecular formula is C31H37Cl2F3N4O3S. The number of hydrogen-bond donors (Lipinski definition) is 2. The number of benzene rings is 2. The maximum atomic E-state index is 10.6. The summed E-state index contributed by atoms with van der Waals surface area (Å²) in [4.78, 5) is 18.6. The van der Waals surface area contributed by atoms with Crippen LogP contribution in [0.3, 0.4) is 0 Å². The Morgan fingerprint density at radius 3 is 2.34 bits per heavy atom. The van der Waals surface area contributed by atoms with E-state index in [0.717, 1.165) is 80.9 Å². The molecule has 0 spiro atoms. The summed E-state index contributed by atoms with van der Waals surface area (Å²) in [6.45, 7) is 7.22. The van der Waals surface area contributed by atoms with Crippen molar-refractivity contribution in [3.05, 3.63) is 63.5 Å². The van der Waals surface area contributed by atoms with Crippen molar-refractivity contribution in [1.29, 1.82) is 0 Å². The highest BCUT2D eigenvalue weighted by atomic mass is 35.5. The van der Waals surface area contributed by atoms with Crippen molar-refractivity contribution in [3.63, 3.8) is 0 Å². The van der Waals surface area contributed by atoms with Crippen LogP contribution in [0.1, 0.15) is 44.1 Å². The summed E-state index contributed by atoms with van der Waals surface area (Å²) in [5.74, 6) is -1.83. The highest BCUT2D eigenvalue weighted by Gasteiger charge is 2.38. The number of nitrogens with one attached hydrogen (secondary N) is 1. The number of aromatic nitrogens is 1. The normalized spacial score (nSPS) is 16.1. The van der Waals surface area contributed by atoms with Crippen LogP contribution in [0.15, 0.2) is 47.8 Å². The molecule has 3 aromatic rings. The largest absolute Gasteiger partial charge is 0.494 e. The average Bonchev–Trinajstić information content (AvgIpc) is 3.71. The first-order valence-corrected chi connectivity index (χ1v) is 16.4. The lowest BCUT2D eigenvalue weighted by Crippen LogP contribution is -2.42. The van der Waals surface area contributed by atoms with Gasteiger partial charge in [0, 0.05) is 36.6 Å². The predicted octanol–water partition coefficient (Wildman–Crippen LogP) is 7.76. The second kappa shape index (κ2) is 16.7. The standard InChI is InChI=1S/C29H36Cl2N4OS.C2HF3O2/c30-26-10-5-22(19-27(26)31)20-34-16-11-24(12-17-34)32-13-1-4-18-36-25-8-6-23(7-9-25)28-21-37-29(33-28)35-14-2-3-15-35;3-2(4,5)1(6)7/h5-10,19,21,24,32H,1-4,11-18,20H2;(H,6,7). The van der Waals surface area contributed by atoms with Crippen molar-refractivity contribution < 1.29 is 27.8 Å². The smallest absolute Gasteiger partial charge is 0.490 e. The quantitative estimate of drug-likeness (QED) is 0.202. The van der Waals surface area contributed by atoms with E-state index in [4.69, 9.17) is 42.8 Å². The number of aliphatic carboxylic acids is 1. The summed E-state index contributed by atoms with van der Waals surface area (Å²) in [5.41, 5.74) is 3.44. The summed E-state index contributed by atoms with van der Waals surface area (Å²) in [7, 11) is 0. The first-order chi connectivity index (χ1) is 21.1. The van der Waals surface area contributed by atoms with Crippen molar-refractivity contribution in [3.8, 4) is 17.0 Å². The summed E-state index contributed by atoms with van der Waals surface area (Å²) in [5, 5.41) is 15.4. The van der Waals surface area contributed by atoms with E-state index in [-0.39, 0.29) is 0 Å². The third-order valence-corrected chi connectivity index (χ3v) is 9.15. The van der Waals surface area contributed by atoms with Gasteiger partial charge in [0.1, 0.15) is 5.75 Å². The number of rotatable bonds is 11. The molecule has 0 unspecified atom stereocenters. The van der Waals surface area contributed by atoms with Crippen molar-refractivity contribution in [2.75, 3.05) is 44.2 Å². The molecule has 2 saturated heterocycles. The molecule has 2 aromatic carbocycles. The number of ether oxygens (including phenoxy) is 1. The average molecular weight is 674 g/mol. The van der Waals surface area contributed by atoms with Crippen molar-refractivity contribution in [2.45, 2.75) is 57.3 Å². The number of alkyl halides is 3. The number of anilines is 1. The summed E-state index contributed by atoms with van der Waals surface area (Å²) in [6.07, 6.45) is 2.01. The molecule has 2 N–H and O–H groups in total. The van der Waals surface area contributed by atoms with Crippen molar-refractivity contribution in [1.82, 2.24) is 15.2 Å². The van der Waals surface area contributed by atoms with E-state index < -0.39 is 12.1 Å². The highest BCUT2D eigenvalue weighted by Crippen LogP contribution is 2.30. The lowest BCUT2D eigenvalue weighted by Gasteiger charge is -2.32. The Kier molecular flexibility index (Phi) is 13.0. The van der Waals surface area contributed by atoms with Gasteiger partial charge in [0.25, 0.3) is 0 Å². The maximum absolute atomic E-state index is 10.6. The van der Waals surface area contributed by atoms with Crippen LogP contribution in [0.5, 0.6) is 5.75 Å². The molecule has 2 aliphatic rings. The number of unbranched alkanes of at least 4 members (excludes halogenated alkanes) is 1. The van der Waals surface area contributed by atoms with Gasteiger partial charge >= 0.3 is 12.1 Å². The monoisotopic (exact) mass is 672 g/mol. The number of nitrogens with zero attached hydrogens (tertiary/aromatic N) is 3. The third-order valence-electron chi connectivity index (χ3n) is 7.51. The molecule has 0 radical (unpaired) electrons. The van der Waals surface area contributed by atoms with E-state index in [2.05, 4.69) is 50.8 Å². The molecule has 7 nitrogen and oxygen atoms in total. The van der Waals surface area contributed by atoms with Crippen LogP contribution in [0.2, 0.25) is 10.0 Å². The first kappa shape index (κ1) is 34.3. The van der Waals surface area contributed by atoms with E-state index in [9.17, 15) is 13.2 Å². The molecule has 44 heavy (non-hydrogen) atoms. The number of carbonyl (C=O) groups is 1. The Labute approximate surface area is 269 Å². The molecule has 0 saturated carbocycles. The molecule has 5 rings (SSSR count). The molecule has 1 aromatic heterocycles. The van der Waals surface area contributed by atoms with E-state index in [1.807, 2.05) is 12.1 Å². The van der Waals surface area contributed by atoms with Gasteiger partial charge in [0.15, 0.2) is 5.13 Å². The number of carboxylic acids is 1. The third kappa shape index (κ3) is 10.8. The van der Waals surface area contributed by atoms with Gasteiger partial charge in [-0.2, -0.15) is 13.2 Å². The molecule has 2 fully saturated rings. The molecule has 3 heterocycles. The van der Waals surface area contributed by atoms with E-state index in [1.165, 1.54) is 31.2 Å². The van der Waals surface area contributed by atoms with Crippen LogP contribution >= 0.6 is 34.5 Å². The highest BCUT2D eigenvalue weighted by molar-refractivity contribution is 7.14. The van der Waals surface area contributed by atoms with E-state index in [1.54, 1.807) is 11.3 Å². The van der Waals surface area contributed by atoms with Gasteiger partial charge in [-0.3, -0.25) is 4.90 Å². The van der Waals surface area contributed by atoms with Crippen LogP contribution in [0.25, 0.3) is 11.3 Å². The van der Waals surface area contributed by atoms with Gasteiger partial charge in [-0.1, -0.05) is 29.3 Å². The van der Waals surface area contributed by atoms with Crippen molar-refractivity contribution in [2.24, 2.45) is 0 Å².